The van der Waals surface area contributed by atoms with Gasteiger partial charge < -0.3 is 0 Å². The van der Waals surface area contributed by atoms with Gasteiger partial charge in [-0.15, -0.1) is 0 Å². The Morgan fingerprint density at radius 1 is 0.579 bits per heavy atom. The summed E-state index contributed by atoms with van der Waals surface area (Å²) in [5.74, 6) is 0. The van der Waals surface area contributed by atoms with Gasteiger partial charge in [-0.25, -0.2) is 0 Å². The molecule has 0 bridgehead atoms. The summed E-state index contributed by atoms with van der Waals surface area (Å²) in [6.07, 6.45) is 19.8. The Bertz CT molecular complexity index is 169. The number of hydrogen-bond donors (Lipinski definition) is 0. The molecule has 1 heteroatoms. The van der Waals surface area contributed by atoms with Gasteiger partial charge in [-0.05, 0) is 20.3 Å². The predicted molar refractivity (Wildman–Crippen MR) is 92.0 cm³/mol. The highest BCUT2D eigenvalue weighted by Gasteiger charge is 2.10. The molecule has 0 nitrogen and oxygen atoms in total. The van der Waals surface area contributed by atoms with Gasteiger partial charge in [0.15, 0.2) is 0 Å². The highest BCUT2D eigenvalue weighted by molar-refractivity contribution is 7.81. The normalized spacial score (nSPS) is 12.0. The van der Waals surface area contributed by atoms with Crippen molar-refractivity contribution in [1.82, 2.24) is 0 Å². The van der Waals surface area contributed by atoms with E-state index >= 15 is 0 Å². The van der Waals surface area contributed by atoms with Crippen molar-refractivity contribution in [3.8, 4) is 0 Å². The van der Waals surface area contributed by atoms with Crippen molar-refractivity contribution >= 4 is 12.6 Å². The monoisotopic (exact) mass is 285 g/mol. The highest BCUT2D eigenvalue weighted by atomic mass is 32.1. The molecular formula is C18H37S. The fourth-order valence-corrected chi connectivity index (χ4v) is 2.71. The maximum atomic E-state index is 5.37. The minimum Gasteiger partial charge on any atom is -0.0873 e. The van der Waals surface area contributed by atoms with E-state index in [4.69, 9.17) is 12.6 Å². The first-order valence-corrected chi connectivity index (χ1v) is 9.17. The minimum atomic E-state index is 0.123. The van der Waals surface area contributed by atoms with Gasteiger partial charge in [0.25, 0.3) is 0 Å². The van der Waals surface area contributed by atoms with Crippen molar-refractivity contribution < 1.29 is 0 Å². The van der Waals surface area contributed by atoms with Gasteiger partial charge in [-0.1, -0.05) is 103 Å². The standard InChI is InChI=1S/C18H37S/c1-4-5-6-7-8-9-10-11-12-13-14-15-16-17-18(2,3)19/h4-17H2,1-3H3. The molecule has 19 heavy (non-hydrogen) atoms. The molecule has 0 rings (SSSR count). The number of rotatable bonds is 14. The summed E-state index contributed by atoms with van der Waals surface area (Å²) in [6.45, 7) is 6.63. The summed E-state index contributed by atoms with van der Waals surface area (Å²) in [5.41, 5.74) is 0. The molecule has 0 aromatic rings. The maximum absolute atomic E-state index is 5.37. The van der Waals surface area contributed by atoms with E-state index in [-0.39, 0.29) is 4.75 Å². The Morgan fingerprint density at radius 2 is 0.895 bits per heavy atom. The summed E-state index contributed by atoms with van der Waals surface area (Å²) in [5, 5.41) is 0. The lowest BCUT2D eigenvalue weighted by atomic mass is 10.0. The van der Waals surface area contributed by atoms with Gasteiger partial charge in [0.05, 0.1) is 0 Å². The molecule has 0 amide bonds. The second-order valence-electron chi connectivity index (χ2n) is 6.75. The van der Waals surface area contributed by atoms with E-state index < -0.39 is 0 Å². The molecule has 0 atom stereocenters. The van der Waals surface area contributed by atoms with Crippen molar-refractivity contribution in [2.45, 2.75) is 115 Å². The predicted octanol–water partition coefficient (Wildman–Crippen LogP) is 7.44. The maximum Gasteiger partial charge on any atom is 0.0207 e. The molecule has 0 unspecified atom stereocenters. The second kappa shape index (κ2) is 13.3. The SMILES string of the molecule is CCCCCCCCCCCCCCCC(C)(C)[S]. The Labute approximate surface area is 128 Å². The van der Waals surface area contributed by atoms with Crippen molar-refractivity contribution in [3.63, 3.8) is 0 Å². The van der Waals surface area contributed by atoms with E-state index in [1.807, 2.05) is 0 Å². The first kappa shape index (κ1) is 19.4. The van der Waals surface area contributed by atoms with E-state index in [0.717, 1.165) is 0 Å². The summed E-state index contributed by atoms with van der Waals surface area (Å²) in [4.78, 5) is 0. The fourth-order valence-electron chi connectivity index (χ4n) is 2.57. The molecule has 0 aliphatic heterocycles. The van der Waals surface area contributed by atoms with Crippen LogP contribution < -0.4 is 0 Å². The van der Waals surface area contributed by atoms with Crippen molar-refractivity contribution in [2.75, 3.05) is 0 Å². The Balaban J connectivity index is 2.99. The zero-order valence-electron chi connectivity index (χ0n) is 13.8. The van der Waals surface area contributed by atoms with Gasteiger partial charge in [0, 0.05) is 4.75 Å². The molecule has 0 aliphatic carbocycles. The van der Waals surface area contributed by atoms with Gasteiger partial charge in [-0.2, -0.15) is 0 Å². The van der Waals surface area contributed by atoms with Gasteiger partial charge in [-0.3, -0.25) is 0 Å². The highest BCUT2D eigenvalue weighted by Crippen LogP contribution is 2.21. The van der Waals surface area contributed by atoms with Crippen LogP contribution in [0.5, 0.6) is 0 Å². The van der Waals surface area contributed by atoms with E-state index in [2.05, 4.69) is 20.8 Å². The fraction of sp³-hybridized carbons (Fsp3) is 1.00. The molecule has 0 aliphatic rings. The third-order valence-corrected chi connectivity index (χ3v) is 4.09. The van der Waals surface area contributed by atoms with Crippen LogP contribution in [0.1, 0.15) is 111 Å². The van der Waals surface area contributed by atoms with Crippen LogP contribution in [0.25, 0.3) is 0 Å². The van der Waals surface area contributed by atoms with Crippen molar-refractivity contribution in [2.24, 2.45) is 0 Å². The van der Waals surface area contributed by atoms with E-state index in [1.165, 1.54) is 89.9 Å². The van der Waals surface area contributed by atoms with Crippen LogP contribution in [0.3, 0.4) is 0 Å². The lowest BCUT2D eigenvalue weighted by Gasteiger charge is -2.15. The lowest BCUT2D eigenvalue weighted by molar-refractivity contribution is 0.521. The third-order valence-electron chi connectivity index (χ3n) is 3.88. The molecule has 0 saturated heterocycles. The van der Waals surface area contributed by atoms with Crippen LogP contribution in [-0.4, -0.2) is 4.75 Å². The van der Waals surface area contributed by atoms with E-state index in [1.54, 1.807) is 0 Å². The van der Waals surface area contributed by atoms with E-state index in [9.17, 15) is 0 Å². The number of unbranched alkanes of at least 4 members (excludes halogenated alkanes) is 12. The molecule has 115 valence electrons. The van der Waals surface area contributed by atoms with Crippen LogP contribution in [0.15, 0.2) is 0 Å². The summed E-state index contributed by atoms with van der Waals surface area (Å²) in [6, 6.07) is 0. The largest absolute Gasteiger partial charge is 0.0873 e. The zero-order valence-corrected chi connectivity index (χ0v) is 14.6. The zero-order chi connectivity index (χ0) is 14.4. The summed E-state index contributed by atoms with van der Waals surface area (Å²) < 4.78 is 0.123. The summed E-state index contributed by atoms with van der Waals surface area (Å²) >= 11 is 5.37. The molecule has 1 radical (unpaired) electrons. The Hall–Kier alpha value is 0.350. The minimum absolute atomic E-state index is 0.123. The molecule has 0 aromatic heterocycles. The molecule has 0 heterocycles. The first-order valence-electron chi connectivity index (χ1n) is 8.76. The summed E-state index contributed by atoms with van der Waals surface area (Å²) in [7, 11) is 0. The molecule has 0 N–H and O–H groups in total. The van der Waals surface area contributed by atoms with Crippen LogP contribution in [-0.2, 0) is 0 Å². The molecular weight excluding hydrogens is 248 g/mol. The van der Waals surface area contributed by atoms with Crippen LogP contribution in [0.2, 0.25) is 0 Å². The number of hydrogen-bond acceptors (Lipinski definition) is 0. The van der Waals surface area contributed by atoms with Gasteiger partial charge in [0.1, 0.15) is 0 Å². The van der Waals surface area contributed by atoms with Gasteiger partial charge in [0.2, 0.25) is 0 Å². The molecule has 0 spiro atoms. The molecule has 0 aromatic carbocycles. The van der Waals surface area contributed by atoms with Crippen LogP contribution >= 0.6 is 12.6 Å². The average Bonchev–Trinajstić information content (AvgIpc) is 2.34. The Kier molecular flexibility index (Phi) is 13.6. The van der Waals surface area contributed by atoms with Crippen molar-refractivity contribution in [3.05, 3.63) is 0 Å². The molecule has 0 fully saturated rings. The first-order chi connectivity index (χ1) is 9.06. The Morgan fingerprint density at radius 3 is 1.21 bits per heavy atom. The quantitative estimate of drug-likeness (QED) is 0.291. The third kappa shape index (κ3) is 18.4. The average molecular weight is 286 g/mol. The van der Waals surface area contributed by atoms with Crippen molar-refractivity contribution in [1.29, 1.82) is 0 Å². The lowest BCUT2D eigenvalue weighted by Crippen LogP contribution is -2.09. The smallest absolute Gasteiger partial charge is 0.0207 e. The van der Waals surface area contributed by atoms with Gasteiger partial charge >= 0.3 is 0 Å². The van der Waals surface area contributed by atoms with Crippen LogP contribution in [0, 0.1) is 0 Å². The van der Waals surface area contributed by atoms with Crippen LogP contribution in [0.4, 0.5) is 0 Å². The topological polar surface area (TPSA) is 0 Å². The van der Waals surface area contributed by atoms with E-state index in [0.29, 0.717) is 0 Å². The second-order valence-corrected chi connectivity index (χ2v) is 7.86. The molecule has 0 saturated carbocycles.